The molecule has 2 rings (SSSR count). The number of hydrazone groups is 1. The van der Waals surface area contributed by atoms with Crippen LogP contribution in [0.5, 0.6) is 17.2 Å². The standard InChI is InChI=1S/C18H19N3O6/c1-12-4-6-14(7-5-12)27-11-18(22)20-19-10-13-8-15(21(23)24)17(26-3)9-16(13)25-2/h4-10H,11H2,1-3H3,(H,20,22)/b19-10-. The van der Waals surface area contributed by atoms with Gasteiger partial charge in [-0.25, -0.2) is 5.43 Å². The molecule has 2 aromatic carbocycles. The highest BCUT2D eigenvalue weighted by atomic mass is 16.6. The van der Waals surface area contributed by atoms with E-state index in [0.29, 0.717) is 17.1 Å². The Morgan fingerprint density at radius 2 is 1.85 bits per heavy atom. The maximum Gasteiger partial charge on any atom is 0.311 e. The van der Waals surface area contributed by atoms with Gasteiger partial charge in [0.05, 0.1) is 25.4 Å². The largest absolute Gasteiger partial charge is 0.496 e. The second-order valence-corrected chi connectivity index (χ2v) is 5.42. The summed E-state index contributed by atoms with van der Waals surface area (Å²) in [5.74, 6) is 0.455. The molecule has 0 heterocycles. The molecule has 0 bridgehead atoms. The van der Waals surface area contributed by atoms with Crippen LogP contribution in [0, 0.1) is 17.0 Å². The predicted molar refractivity (Wildman–Crippen MR) is 98.6 cm³/mol. The van der Waals surface area contributed by atoms with Gasteiger partial charge >= 0.3 is 5.69 Å². The average molecular weight is 373 g/mol. The molecule has 0 saturated heterocycles. The van der Waals surface area contributed by atoms with Crippen molar-refractivity contribution in [3.8, 4) is 17.2 Å². The van der Waals surface area contributed by atoms with E-state index in [1.165, 1.54) is 32.6 Å². The van der Waals surface area contributed by atoms with Crippen LogP contribution in [0.1, 0.15) is 11.1 Å². The number of methoxy groups -OCH3 is 2. The molecule has 0 aliphatic carbocycles. The lowest BCUT2D eigenvalue weighted by Gasteiger charge is -2.08. The Kier molecular flexibility index (Phi) is 6.70. The number of hydrogen-bond acceptors (Lipinski definition) is 7. The fraction of sp³-hybridized carbons (Fsp3) is 0.222. The molecule has 0 spiro atoms. The molecule has 0 aromatic heterocycles. The molecular formula is C18H19N3O6. The van der Waals surface area contributed by atoms with Crippen LogP contribution in [0.2, 0.25) is 0 Å². The third kappa shape index (κ3) is 5.43. The topological polar surface area (TPSA) is 112 Å². The van der Waals surface area contributed by atoms with Gasteiger partial charge in [-0.05, 0) is 19.1 Å². The average Bonchev–Trinajstić information content (AvgIpc) is 2.67. The Morgan fingerprint density at radius 1 is 1.19 bits per heavy atom. The van der Waals surface area contributed by atoms with Crippen LogP contribution in [0.25, 0.3) is 0 Å². The van der Waals surface area contributed by atoms with Crippen LogP contribution in [-0.4, -0.2) is 37.9 Å². The van der Waals surface area contributed by atoms with E-state index in [9.17, 15) is 14.9 Å². The first-order valence-electron chi connectivity index (χ1n) is 7.86. The molecule has 0 saturated carbocycles. The van der Waals surface area contributed by atoms with Gasteiger partial charge in [0.1, 0.15) is 11.5 Å². The molecule has 1 amide bonds. The van der Waals surface area contributed by atoms with E-state index in [1.807, 2.05) is 19.1 Å². The first kappa shape index (κ1) is 19.7. The third-order valence-electron chi connectivity index (χ3n) is 3.51. The molecule has 0 aliphatic rings. The Hall–Kier alpha value is -3.62. The van der Waals surface area contributed by atoms with Crippen LogP contribution in [0.15, 0.2) is 41.5 Å². The summed E-state index contributed by atoms with van der Waals surface area (Å²) >= 11 is 0. The summed E-state index contributed by atoms with van der Waals surface area (Å²) in [7, 11) is 2.73. The fourth-order valence-corrected chi connectivity index (χ4v) is 2.14. The SMILES string of the molecule is COc1cc(OC)c([N+](=O)[O-])cc1/C=N\NC(=O)COc1ccc(C)cc1. The Morgan fingerprint density at radius 3 is 2.44 bits per heavy atom. The second kappa shape index (κ2) is 9.18. The molecule has 142 valence electrons. The predicted octanol–water partition coefficient (Wildman–Crippen LogP) is 2.45. The zero-order chi connectivity index (χ0) is 19.8. The molecule has 0 aliphatic heterocycles. The minimum Gasteiger partial charge on any atom is -0.496 e. The molecule has 0 atom stereocenters. The first-order chi connectivity index (χ1) is 12.9. The number of nitro benzene ring substituents is 1. The minimum absolute atomic E-state index is 0.0598. The van der Waals surface area contributed by atoms with Crippen molar-refractivity contribution in [1.82, 2.24) is 5.43 Å². The molecule has 0 radical (unpaired) electrons. The number of nitrogens with one attached hydrogen (secondary N) is 1. The maximum absolute atomic E-state index is 11.8. The van der Waals surface area contributed by atoms with Gasteiger partial charge < -0.3 is 14.2 Å². The monoisotopic (exact) mass is 373 g/mol. The van der Waals surface area contributed by atoms with Gasteiger partial charge in [0.15, 0.2) is 6.61 Å². The van der Waals surface area contributed by atoms with Gasteiger partial charge in [0.2, 0.25) is 5.75 Å². The lowest BCUT2D eigenvalue weighted by molar-refractivity contribution is -0.385. The number of aryl methyl sites for hydroxylation is 1. The van der Waals surface area contributed by atoms with E-state index in [-0.39, 0.29) is 18.0 Å². The normalized spacial score (nSPS) is 10.5. The van der Waals surface area contributed by atoms with Crippen molar-refractivity contribution in [2.24, 2.45) is 5.10 Å². The van der Waals surface area contributed by atoms with Crippen LogP contribution < -0.4 is 19.6 Å². The lowest BCUT2D eigenvalue weighted by Crippen LogP contribution is -2.24. The molecule has 2 aromatic rings. The van der Waals surface area contributed by atoms with Crippen LogP contribution in [0.4, 0.5) is 5.69 Å². The van der Waals surface area contributed by atoms with E-state index >= 15 is 0 Å². The summed E-state index contributed by atoms with van der Waals surface area (Å²) in [6.45, 7) is 1.73. The number of rotatable bonds is 8. The van der Waals surface area contributed by atoms with Crippen molar-refractivity contribution >= 4 is 17.8 Å². The molecule has 27 heavy (non-hydrogen) atoms. The van der Waals surface area contributed by atoms with Crippen LogP contribution >= 0.6 is 0 Å². The highest BCUT2D eigenvalue weighted by Gasteiger charge is 2.18. The van der Waals surface area contributed by atoms with E-state index in [0.717, 1.165) is 5.56 Å². The molecular weight excluding hydrogens is 354 g/mol. The summed E-state index contributed by atoms with van der Waals surface area (Å²) in [4.78, 5) is 22.3. The van der Waals surface area contributed by atoms with Crippen molar-refractivity contribution in [2.75, 3.05) is 20.8 Å². The van der Waals surface area contributed by atoms with Crippen molar-refractivity contribution in [2.45, 2.75) is 6.92 Å². The summed E-state index contributed by atoms with van der Waals surface area (Å²) < 4.78 is 15.5. The zero-order valence-corrected chi connectivity index (χ0v) is 15.1. The minimum atomic E-state index is -0.580. The second-order valence-electron chi connectivity index (χ2n) is 5.42. The quantitative estimate of drug-likeness (QED) is 0.432. The Bertz CT molecular complexity index is 849. The van der Waals surface area contributed by atoms with E-state index < -0.39 is 10.8 Å². The van der Waals surface area contributed by atoms with Gasteiger partial charge in [-0.2, -0.15) is 5.10 Å². The zero-order valence-electron chi connectivity index (χ0n) is 15.1. The molecule has 9 nitrogen and oxygen atoms in total. The number of nitrogens with zero attached hydrogens (tertiary/aromatic N) is 2. The Labute approximate surface area is 155 Å². The number of carbonyl (C=O) groups is 1. The highest BCUT2D eigenvalue weighted by molar-refractivity contribution is 5.87. The molecule has 9 heteroatoms. The van der Waals surface area contributed by atoms with E-state index in [4.69, 9.17) is 14.2 Å². The summed E-state index contributed by atoms with van der Waals surface area (Å²) in [6.07, 6.45) is 1.25. The van der Waals surface area contributed by atoms with Gasteiger partial charge in [-0.15, -0.1) is 0 Å². The first-order valence-corrected chi connectivity index (χ1v) is 7.86. The number of carbonyl (C=O) groups excluding carboxylic acids is 1. The fourth-order valence-electron chi connectivity index (χ4n) is 2.14. The van der Waals surface area contributed by atoms with E-state index in [1.54, 1.807) is 12.1 Å². The summed E-state index contributed by atoms with van der Waals surface area (Å²) in [5, 5.41) is 14.9. The smallest absolute Gasteiger partial charge is 0.311 e. The van der Waals surface area contributed by atoms with E-state index in [2.05, 4.69) is 10.5 Å². The number of benzene rings is 2. The van der Waals surface area contributed by atoms with Gasteiger partial charge in [-0.3, -0.25) is 14.9 Å². The van der Waals surface area contributed by atoms with Crippen LogP contribution in [0.3, 0.4) is 0 Å². The maximum atomic E-state index is 11.8. The third-order valence-corrected chi connectivity index (χ3v) is 3.51. The van der Waals surface area contributed by atoms with Gasteiger partial charge in [-0.1, -0.05) is 17.7 Å². The molecule has 0 unspecified atom stereocenters. The number of nitro groups is 1. The van der Waals surface area contributed by atoms with Crippen molar-refractivity contribution in [1.29, 1.82) is 0 Å². The Balaban J connectivity index is 2.02. The van der Waals surface area contributed by atoms with Gasteiger partial charge in [0.25, 0.3) is 5.91 Å². The van der Waals surface area contributed by atoms with Gasteiger partial charge in [0, 0.05) is 17.7 Å². The number of hydrogen-bond donors (Lipinski definition) is 1. The number of ether oxygens (including phenoxy) is 3. The molecule has 1 N–H and O–H groups in total. The molecule has 0 fully saturated rings. The summed E-state index contributed by atoms with van der Waals surface area (Å²) in [6, 6.07) is 9.88. The highest BCUT2D eigenvalue weighted by Crippen LogP contribution is 2.33. The lowest BCUT2D eigenvalue weighted by atomic mass is 10.1. The van der Waals surface area contributed by atoms with Crippen molar-refractivity contribution < 1.29 is 23.9 Å². The van der Waals surface area contributed by atoms with Crippen molar-refractivity contribution in [3.63, 3.8) is 0 Å². The summed E-state index contributed by atoms with van der Waals surface area (Å²) in [5.41, 5.74) is 3.44. The number of amides is 1. The van der Waals surface area contributed by atoms with Crippen LogP contribution in [-0.2, 0) is 4.79 Å². The van der Waals surface area contributed by atoms with Crippen molar-refractivity contribution in [3.05, 3.63) is 57.6 Å².